The van der Waals surface area contributed by atoms with Crippen LogP contribution in [0, 0.1) is 0 Å². The third-order valence-electron chi connectivity index (χ3n) is 5.66. The maximum atomic E-state index is 15.8. The molecule has 10 nitrogen and oxygen atoms in total. The fourth-order valence-electron chi connectivity index (χ4n) is 3.89. The minimum atomic E-state index is -1.83. The number of fused-ring (bicyclic) bond motifs is 1. The zero-order valence-corrected chi connectivity index (χ0v) is 19.1. The molecule has 0 unspecified atom stereocenters. The molecule has 1 aliphatic rings. The molecule has 36 heavy (non-hydrogen) atoms. The second-order valence-electron chi connectivity index (χ2n) is 7.94. The van der Waals surface area contributed by atoms with Gasteiger partial charge >= 0.3 is 11.9 Å². The summed E-state index contributed by atoms with van der Waals surface area (Å²) in [5.74, 6) is -1.08. The maximum Gasteiger partial charge on any atom is 0.338 e. The second kappa shape index (κ2) is 10.1. The third-order valence-corrected chi connectivity index (χ3v) is 5.66. The standard InChI is InChI=1S/C25H21FN4O6/c1-33-22-17-12-30(29-21(17)27-14-28-22)23-19(26)20(36-25(32)16-10-6-3-7-11-16)18(35-23)13-34-24(31)15-8-4-2-5-9-15/h2-12,14,18-20,23H,13H2,1H3/t18-,19+,20-,23+/m1/s1. The van der Waals surface area contributed by atoms with Gasteiger partial charge in [-0.05, 0) is 24.3 Å². The van der Waals surface area contributed by atoms with Crippen molar-refractivity contribution in [3.8, 4) is 5.88 Å². The van der Waals surface area contributed by atoms with Gasteiger partial charge in [0.1, 0.15) is 24.4 Å². The molecular formula is C25H21FN4O6. The lowest BCUT2D eigenvalue weighted by Crippen LogP contribution is -2.37. The van der Waals surface area contributed by atoms with Gasteiger partial charge in [-0.25, -0.2) is 28.6 Å². The van der Waals surface area contributed by atoms with Gasteiger partial charge in [-0.1, -0.05) is 36.4 Å². The van der Waals surface area contributed by atoms with Crippen molar-refractivity contribution in [2.75, 3.05) is 13.7 Å². The van der Waals surface area contributed by atoms with E-state index in [0.717, 1.165) is 0 Å². The molecule has 1 aliphatic heterocycles. The number of methoxy groups -OCH3 is 1. The van der Waals surface area contributed by atoms with Gasteiger partial charge in [-0.3, -0.25) is 0 Å². The minimum absolute atomic E-state index is 0.248. The van der Waals surface area contributed by atoms with Gasteiger partial charge in [0.05, 0.1) is 18.2 Å². The van der Waals surface area contributed by atoms with Gasteiger partial charge in [0, 0.05) is 6.20 Å². The van der Waals surface area contributed by atoms with Crippen LogP contribution in [0.2, 0.25) is 0 Å². The monoisotopic (exact) mass is 492 g/mol. The summed E-state index contributed by atoms with van der Waals surface area (Å²) >= 11 is 0. The number of halogens is 1. The predicted molar refractivity (Wildman–Crippen MR) is 123 cm³/mol. The van der Waals surface area contributed by atoms with E-state index in [2.05, 4.69) is 15.1 Å². The van der Waals surface area contributed by atoms with Crippen LogP contribution in [0.4, 0.5) is 4.39 Å². The van der Waals surface area contributed by atoms with Crippen LogP contribution >= 0.6 is 0 Å². The van der Waals surface area contributed by atoms with Crippen molar-refractivity contribution in [2.45, 2.75) is 24.6 Å². The summed E-state index contributed by atoms with van der Waals surface area (Å²) in [5, 5.41) is 4.73. The summed E-state index contributed by atoms with van der Waals surface area (Å²) in [5.41, 5.74) is 0.845. The fraction of sp³-hybridized carbons (Fsp3) is 0.240. The van der Waals surface area contributed by atoms with Crippen LogP contribution in [0.15, 0.2) is 73.2 Å². The Balaban J connectivity index is 1.40. The molecule has 2 aromatic carbocycles. The number of hydrogen-bond acceptors (Lipinski definition) is 9. The highest BCUT2D eigenvalue weighted by molar-refractivity contribution is 5.90. The van der Waals surface area contributed by atoms with Crippen LogP contribution in [0.3, 0.4) is 0 Å². The molecule has 5 rings (SSSR count). The Morgan fingerprint density at radius 3 is 2.33 bits per heavy atom. The number of nitrogens with zero attached hydrogens (tertiary/aromatic N) is 4. The molecule has 11 heteroatoms. The number of rotatable bonds is 7. The topological polar surface area (TPSA) is 115 Å². The summed E-state index contributed by atoms with van der Waals surface area (Å²) in [6.45, 7) is -0.346. The van der Waals surface area contributed by atoms with Crippen LogP contribution < -0.4 is 4.74 Å². The minimum Gasteiger partial charge on any atom is -0.480 e. The summed E-state index contributed by atoms with van der Waals surface area (Å²) in [7, 11) is 1.44. The summed E-state index contributed by atoms with van der Waals surface area (Å²) < 4.78 is 38.9. The third kappa shape index (κ3) is 4.60. The van der Waals surface area contributed by atoms with Crippen molar-refractivity contribution in [3.63, 3.8) is 0 Å². The van der Waals surface area contributed by atoms with E-state index in [1.807, 2.05) is 0 Å². The van der Waals surface area contributed by atoms with E-state index in [9.17, 15) is 9.59 Å². The average Bonchev–Trinajstić information content (AvgIpc) is 3.49. The van der Waals surface area contributed by atoms with Crippen molar-refractivity contribution in [1.29, 1.82) is 0 Å². The van der Waals surface area contributed by atoms with Gasteiger partial charge in [0.2, 0.25) is 5.88 Å². The van der Waals surface area contributed by atoms with Crippen LogP contribution in [-0.2, 0) is 14.2 Å². The van der Waals surface area contributed by atoms with Crippen LogP contribution in [-0.4, -0.2) is 63.8 Å². The number of esters is 2. The lowest BCUT2D eigenvalue weighted by Gasteiger charge is -2.19. The van der Waals surface area contributed by atoms with Crippen molar-refractivity contribution in [1.82, 2.24) is 19.7 Å². The number of ether oxygens (including phenoxy) is 4. The number of hydrogen-bond donors (Lipinski definition) is 0. The van der Waals surface area contributed by atoms with Crippen LogP contribution in [0.5, 0.6) is 5.88 Å². The van der Waals surface area contributed by atoms with Crippen LogP contribution in [0.25, 0.3) is 11.0 Å². The second-order valence-corrected chi connectivity index (χ2v) is 7.94. The number of benzene rings is 2. The Kier molecular flexibility index (Phi) is 6.54. The lowest BCUT2D eigenvalue weighted by molar-refractivity contribution is -0.0611. The van der Waals surface area contributed by atoms with Crippen molar-refractivity contribution >= 4 is 23.0 Å². The van der Waals surface area contributed by atoms with E-state index in [0.29, 0.717) is 10.9 Å². The van der Waals surface area contributed by atoms with E-state index < -0.39 is 36.5 Å². The first-order chi connectivity index (χ1) is 17.5. The average molecular weight is 492 g/mol. The van der Waals surface area contributed by atoms with Gasteiger partial charge in [0.15, 0.2) is 24.2 Å². The van der Waals surface area contributed by atoms with Crippen molar-refractivity contribution < 1.29 is 32.9 Å². The highest BCUT2D eigenvalue weighted by Crippen LogP contribution is 2.35. The van der Waals surface area contributed by atoms with E-state index >= 15 is 4.39 Å². The van der Waals surface area contributed by atoms with Gasteiger partial charge in [-0.15, -0.1) is 5.10 Å². The molecule has 4 aromatic rings. The molecule has 0 aliphatic carbocycles. The molecule has 0 radical (unpaired) electrons. The lowest BCUT2D eigenvalue weighted by atomic mass is 10.1. The van der Waals surface area contributed by atoms with E-state index in [1.165, 1.54) is 24.3 Å². The molecule has 3 heterocycles. The van der Waals surface area contributed by atoms with Gasteiger partial charge in [-0.2, -0.15) is 0 Å². The predicted octanol–water partition coefficient (Wildman–Crippen LogP) is 3.15. The van der Waals surface area contributed by atoms with E-state index in [-0.39, 0.29) is 23.7 Å². The van der Waals surface area contributed by atoms with Crippen molar-refractivity contribution in [2.24, 2.45) is 0 Å². The molecule has 0 bridgehead atoms. The Hall–Kier alpha value is -4.38. The normalized spacial score (nSPS) is 21.3. The molecule has 2 aromatic heterocycles. The summed E-state index contributed by atoms with van der Waals surface area (Å²) in [6.07, 6.45) is -2.81. The Morgan fingerprint density at radius 1 is 1.00 bits per heavy atom. The molecular weight excluding hydrogens is 471 g/mol. The first-order valence-electron chi connectivity index (χ1n) is 11.1. The molecule has 4 atom stereocenters. The Labute approximate surface area is 204 Å². The summed E-state index contributed by atoms with van der Waals surface area (Å²) in [6, 6.07) is 16.5. The fourth-order valence-corrected chi connectivity index (χ4v) is 3.89. The Bertz CT molecular complexity index is 1370. The SMILES string of the molecule is COc1ncnc2nn([C@H]3O[C@H](COC(=O)c4ccccc4)[C@@H](OC(=O)c4ccccc4)[C@@H]3F)cc12. The zero-order chi connectivity index (χ0) is 25.1. The van der Waals surface area contributed by atoms with Crippen LogP contribution in [0.1, 0.15) is 26.9 Å². The highest BCUT2D eigenvalue weighted by atomic mass is 19.1. The smallest absolute Gasteiger partial charge is 0.338 e. The summed E-state index contributed by atoms with van der Waals surface area (Å²) in [4.78, 5) is 33.2. The number of carbonyl (C=O) groups is 2. The number of alkyl halides is 1. The first-order valence-corrected chi connectivity index (χ1v) is 11.1. The molecule has 184 valence electrons. The first kappa shape index (κ1) is 23.4. The van der Waals surface area contributed by atoms with E-state index in [1.54, 1.807) is 60.7 Å². The van der Waals surface area contributed by atoms with Gasteiger partial charge in [0.25, 0.3) is 0 Å². The largest absolute Gasteiger partial charge is 0.480 e. The molecule has 1 fully saturated rings. The molecule has 0 saturated carbocycles. The molecule has 0 spiro atoms. The molecule has 1 saturated heterocycles. The maximum absolute atomic E-state index is 15.8. The number of carbonyl (C=O) groups excluding carboxylic acids is 2. The zero-order valence-electron chi connectivity index (χ0n) is 19.1. The highest BCUT2D eigenvalue weighted by Gasteiger charge is 2.50. The van der Waals surface area contributed by atoms with Gasteiger partial charge < -0.3 is 18.9 Å². The Morgan fingerprint density at radius 2 is 1.67 bits per heavy atom. The van der Waals surface area contributed by atoms with E-state index in [4.69, 9.17) is 18.9 Å². The molecule has 0 N–H and O–H groups in total. The molecule has 0 amide bonds. The quantitative estimate of drug-likeness (QED) is 0.359. The van der Waals surface area contributed by atoms with Crippen molar-refractivity contribution in [3.05, 3.63) is 84.3 Å². The number of aromatic nitrogens is 4.